The van der Waals surface area contributed by atoms with E-state index in [9.17, 15) is 8.78 Å². The normalized spacial score (nSPS) is 12.8. The summed E-state index contributed by atoms with van der Waals surface area (Å²) in [4.78, 5) is 0. The molecule has 0 fully saturated rings. The van der Waals surface area contributed by atoms with Crippen LogP contribution in [0.1, 0.15) is 37.1 Å². The first kappa shape index (κ1) is 12.1. The highest BCUT2D eigenvalue weighted by molar-refractivity contribution is 5.30. The summed E-state index contributed by atoms with van der Waals surface area (Å²) in [5.74, 6) is -0.449. The van der Waals surface area contributed by atoms with E-state index >= 15 is 0 Å². The Labute approximate surface area is 89.3 Å². The smallest absolute Gasteiger partial charge is 0.129 e. The average Bonchev–Trinajstić information content (AvgIpc) is 2.17. The number of hydrogen-bond acceptors (Lipinski definition) is 1. The van der Waals surface area contributed by atoms with Gasteiger partial charge < -0.3 is 5.73 Å². The van der Waals surface area contributed by atoms with E-state index in [-0.39, 0.29) is 5.56 Å². The fourth-order valence-corrected chi connectivity index (χ4v) is 1.70. The molecule has 1 atom stereocenters. The van der Waals surface area contributed by atoms with Crippen molar-refractivity contribution in [2.24, 2.45) is 5.73 Å². The third-order valence-electron chi connectivity index (χ3n) is 2.44. The van der Waals surface area contributed by atoms with Crippen molar-refractivity contribution in [3.63, 3.8) is 0 Å². The third kappa shape index (κ3) is 3.27. The van der Waals surface area contributed by atoms with Gasteiger partial charge in [0.2, 0.25) is 0 Å². The molecule has 3 heteroatoms. The molecule has 0 saturated heterocycles. The van der Waals surface area contributed by atoms with E-state index in [1.807, 2.05) is 0 Å². The second-order valence-corrected chi connectivity index (χ2v) is 3.67. The Kier molecular flexibility index (Phi) is 4.69. The molecule has 0 bridgehead atoms. The highest BCUT2D eigenvalue weighted by atomic mass is 19.1. The van der Waals surface area contributed by atoms with Gasteiger partial charge >= 0.3 is 0 Å². The van der Waals surface area contributed by atoms with Crippen LogP contribution in [0.5, 0.6) is 0 Å². The SMILES string of the molecule is CC(F)c1c(F)cccc1CCCCN. The fourth-order valence-electron chi connectivity index (χ4n) is 1.70. The molecule has 0 aliphatic carbocycles. The Morgan fingerprint density at radius 1 is 1.33 bits per heavy atom. The van der Waals surface area contributed by atoms with E-state index in [2.05, 4.69) is 0 Å². The molecule has 0 aliphatic rings. The minimum Gasteiger partial charge on any atom is -0.330 e. The van der Waals surface area contributed by atoms with Crippen molar-refractivity contribution in [1.82, 2.24) is 0 Å². The molecule has 84 valence electrons. The number of rotatable bonds is 5. The molecule has 1 nitrogen and oxygen atoms in total. The van der Waals surface area contributed by atoms with Crippen LogP contribution in [0.2, 0.25) is 0 Å². The summed E-state index contributed by atoms with van der Waals surface area (Å²) < 4.78 is 26.5. The van der Waals surface area contributed by atoms with Crippen molar-refractivity contribution in [2.45, 2.75) is 32.4 Å². The lowest BCUT2D eigenvalue weighted by molar-refractivity contribution is 0.358. The number of halogens is 2. The van der Waals surface area contributed by atoms with Crippen LogP contribution in [0.3, 0.4) is 0 Å². The summed E-state index contributed by atoms with van der Waals surface area (Å²) in [6.07, 6.45) is 1.20. The molecule has 0 spiro atoms. The summed E-state index contributed by atoms with van der Waals surface area (Å²) in [7, 11) is 0. The largest absolute Gasteiger partial charge is 0.330 e. The van der Waals surface area contributed by atoms with Gasteiger partial charge in [0.1, 0.15) is 12.0 Å². The van der Waals surface area contributed by atoms with Gasteiger partial charge in [0.25, 0.3) is 0 Å². The molecule has 0 aliphatic heterocycles. The first-order valence-corrected chi connectivity index (χ1v) is 5.28. The first-order valence-electron chi connectivity index (χ1n) is 5.28. The van der Waals surface area contributed by atoms with Gasteiger partial charge in [-0.05, 0) is 44.4 Å². The number of hydrogen-bond donors (Lipinski definition) is 1. The van der Waals surface area contributed by atoms with Gasteiger partial charge in [-0.25, -0.2) is 8.78 Å². The molecule has 1 rings (SSSR count). The lowest BCUT2D eigenvalue weighted by atomic mass is 9.98. The zero-order chi connectivity index (χ0) is 11.3. The Balaban J connectivity index is 2.81. The number of nitrogens with two attached hydrogens (primary N) is 1. The maximum Gasteiger partial charge on any atom is 0.129 e. The highest BCUT2D eigenvalue weighted by Gasteiger charge is 2.13. The Bertz CT molecular complexity index is 310. The lowest BCUT2D eigenvalue weighted by Crippen LogP contribution is -2.02. The van der Waals surface area contributed by atoms with Crippen molar-refractivity contribution in [3.8, 4) is 0 Å². The molecule has 2 N–H and O–H groups in total. The second-order valence-electron chi connectivity index (χ2n) is 3.67. The zero-order valence-electron chi connectivity index (χ0n) is 8.97. The molecule has 0 amide bonds. The topological polar surface area (TPSA) is 26.0 Å². The van der Waals surface area contributed by atoms with Crippen molar-refractivity contribution >= 4 is 0 Å². The summed E-state index contributed by atoms with van der Waals surface area (Å²) in [6, 6.07) is 4.71. The lowest BCUT2D eigenvalue weighted by Gasteiger charge is -2.11. The maximum atomic E-state index is 13.3. The predicted octanol–water partition coefficient (Wildman–Crippen LogP) is 3.14. The highest BCUT2D eigenvalue weighted by Crippen LogP contribution is 2.25. The van der Waals surface area contributed by atoms with Crippen LogP contribution in [0, 0.1) is 5.82 Å². The first-order chi connectivity index (χ1) is 7.16. The maximum absolute atomic E-state index is 13.3. The van der Waals surface area contributed by atoms with Crippen LogP contribution in [0.25, 0.3) is 0 Å². The van der Waals surface area contributed by atoms with Crippen LogP contribution < -0.4 is 5.73 Å². The monoisotopic (exact) mass is 213 g/mol. The van der Waals surface area contributed by atoms with E-state index in [0.29, 0.717) is 13.0 Å². The van der Waals surface area contributed by atoms with Crippen molar-refractivity contribution in [1.29, 1.82) is 0 Å². The van der Waals surface area contributed by atoms with Crippen LogP contribution >= 0.6 is 0 Å². The quantitative estimate of drug-likeness (QED) is 0.747. The van der Waals surface area contributed by atoms with Gasteiger partial charge in [0, 0.05) is 5.56 Å². The van der Waals surface area contributed by atoms with Crippen LogP contribution in [-0.2, 0) is 6.42 Å². The van der Waals surface area contributed by atoms with Crippen molar-refractivity contribution in [3.05, 3.63) is 35.1 Å². The molecule has 15 heavy (non-hydrogen) atoms. The Hall–Kier alpha value is -0.960. The molecule has 1 unspecified atom stereocenters. The fraction of sp³-hybridized carbons (Fsp3) is 0.500. The average molecular weight is 213 g/mol. The number of benzene rings is 1. The second kappa shape index (κ2) is 5.81. The van der Waals surface area contributed by atoms with Crippen LogP contribution in [-0.4, -0.2) is 6.54 Å². The van der Waals surface area contributed by atoms with E-state index in [0.717, 1.165) is 18.4 Å². The molecule has 1 aromatic carbocycles. The number of aryl methyl sites for hydroxylation is 1. The van der Waals surface area contributed by atoms with Crippen molar-refractivity contribution < 1.29 is 8.78 Å². The van der Waals surface area contributed by atoms with Crippen molar-refractivity contribution in [2.75, 3.05) is 6.54 Å². The molecule has 0 radical (unpaired) electrons. The minimum absolute atomic E-state index is 0.203. The summed E-state index contributed by atoms with van der Waals surface area (Å²) in [5.41, 5.74) is 6.34. The summed E-state index contributed by atoms with van der Waals surface area (Å²) in [5, 5.41) is 0. The molecule has 0 aromatic heterocycles. The zero-order valence-corrected chi connectivity index (χ0v) is 8.97. The predicted molar refractivity (Wildman–Crippen MR) is 57.9 cm³/mol. The summed E-state index contributed by atoms with van der Waals surface area (Å²) in [6.45, 7) is 1.99. The Morgan fingerprint density at radius 2 is 2.07 bits per heavy atom. The molecule has 0 heterocycles. The van der Waals surface area contributed by atoms with Gasteiger partial charge in [-0.15, -0.1) is 0 Å². The van der Waals surface area contributed by atoms with Crippen LogP contribution in [0.4, 0.5) is 8.78 Å². The van der Waals surface area contributed by atoms with Gasteiger partial charge in [0.05, 0.1) is 0 Å². The van der Waals surface area contributed by atoms with Crippen LogP contribution in [0.15, 0.2) is 18.2 Å². The molecule has 0 saturated carbocycles. The molecular weight excluding hydrogens is 196 g/mol. The molecular formula is C12H17F2N. The van der Waals surface area contributed by atoms with E-state index in [4.69, 9.17) is 5.73 Å². The van der Waals surface area contributed by atoms with Gasteiger partial charge in [-0.3, -0.25) is 0 Å². The van der Waals surface area contributed by atoms with Gasteiger partial charge in [-0.2, -0.15) is 0 Å². The number of alkyl halides is 1. The molecule has 1 aromatic rings. The van der Waals surface area contributed by atoms with E-state index < -0.39 is 12.0 Å². The third-order valence-corrected chi connectivity index (χ3v) is 2.44. The van der Waals surface area contributed by atoms with Gasteiger partial charge in [0.15, 0.2) is 0 Å². The Morgan fingerprint density at radius 3 is 2.67 bits per heavy atom. The standard InChI is InChI=1S/C12H17F2N/c1-9(13)12-10(5-2-3-8-15)6-4-7-11(12)14/h4,6-7,9H,2-3,5,8,15H2,1H3. The summed E-state index contributed by atoms with van der Waals surface area (Å²) >= 11 is 0. The van der Waals surface area contributed by atoms with E-state index in [1.165, 1.54) is 13.0 Å². The van der Waals surface area contributed by atoms with Gasteiger partial charge in [-0.1, -0.05) is 12.1 Å². The minimum atomic E-state index is -1.25. The number of unbranched alkanes of at least 4 members (excludes halogenated alkanes) is 1. The van der Waals surface area contributed by atoms with E-state index in [1.54, 1.807) is 12.1 Å².